The Labute approximate surface area is 148 Å². The molecule has 3 aromatic rings. The number of hydrogen-bond acceptors (Lipinski definition) is 2. The number of anilines is 1. The summed E-state index contributed by atoms with van der Waals surface area (Å²) in [4.78, 5) is 13.0. The molecule has 0 aliphatic rings. The zero-order chi connectivity index (χ0) is 17.5. The van der Waals surface area contributed by atoms with Gasteiger partial charge in [0.2, 0.25) is 5.91 Å². The second-order valence-electron chi connectivity index (χ2n) is 5.98. The highest BCUT2D eigenvalue weighted by Gasteiger charge is 2.22. The van der Waals surface area contributed by atoms with E-state index in [4.69, 9.17) is 5.73 Å². The Morgan fingerprint density at radius 2 is 1.32 bits per heavy atom. The molecule has 0 bridgehead atoms. The van der Waals surface area contributed by atoms with E-state index in [0.29, 0.717) is 6.54 Å². The molecule has 0 heterocycles. The van der Waals surface area contributed by atoms with E-state index in [9.17, 15) is 4.79 Å². The average Bonchev–Trinajstić information content (AvgIpc) is 2.66. The largest absolute Gasteiger partial charge is 0.330 e. The Morgan fingerprint density at radius 3 is 1.80 bits per heavy atom. The first-order valence-electron chi connectivity index (χ1n) is 8.47. The van der Waals surface area contributed by atoms with Crippen molar-refractivity contribution < 1.29 is 4.79 Å². The smallest absolute Gasteiger partial charge is 0.236 e. The molecule has 3 rings (SSSR count). The first-order chi connectivity index (χ1) is 12.3. The Morgan fingerprint density at radius 1 is 0.800 bits per heavy atom. The van der Waals surface area contributed by atoms with E-state index >= 15 is 0 Å². The Balaban J connectivity index is 1.84. The van der Waals surface area contributed by atoms with E-state index in [-0.39, 0.29) is 11.8 Å². The van der Waals surface area contributed by atoms with Crippen molar-refractivity contribution >= 4 is 11.6 Å². The molecular weight excluding hydrogens is 308 g/mol. The van der Waals surface area contributed by atoms with Crippen LogP contribution >= 0.6 is 0 Å². The standard InChI is InChI=1S/C22H22N2O/c23-16-15-17-11-13-20(14-12-17)24-22(25)21(18-7-3-1-4-8-18)19-9-5-2-6-10-19/h1-14,21H,15-16,23H2,(H,24,25). The van der Waals surface area contributed by atoms with Crippen molar-refractivity contribution in [3.8, 4) is 0 Å². The zero-order valence-corrected chi connectivity index (χ0v) is 14.1. The highest BCUT2D eigenvalue weighted by molar-refractivity contribution is 5.98. The third kappa shape index (κ3) is 4.34. The van der Waals surface area contributed by atoms with Gasteiger partial charge in [-0.25, -0.2) is 0 Å². The second kappa shape index (κ2) is 8.27. The van der Waals surface area contributed by atoms with Crippen molar-refractivity contribution in [3.63, 3.8) is 0 Å². The molecule has 0 unspecified atom stereocenters. The second-order valence-corrected chi connectivity index (χ2v) is 5.98. The van der Waals surface area contributed by atoms with E-state index in [2.05, 4.69) is 5.32 Å². The molecule has 0 saturated heterocycles. The summed E-state index contributed by atoms with van der Waals surface area (Å²) >= 11 is 0. The summed E-state index contributed by atoms with van der Waals surface area (Å²) in [5, 5.41) is 3.04. The third-order valence-corrected chi connectivity index (χ3v) is 4.18. The molecule has 0 saturated carbocycles. The molecule has 0 aromatic heterocycles. The van der Waals surface area contributed by atoms with Gasteiger partial charge in [-0.15, -0.1) is 0 Å². The summed E-state index contributed by atoms with van der Waals surface area (Å²) in [6, 6.07) is 27.6. The Hall–Kier alpha value is -2.91. The van der Waals surface area contributed by atoms with Gasteiger partial charge < -0.3 is 11.1 Å². The van der Waals surface area contributed by atoms with Crippen LogP contribution < -0.4 is 11.1 Å². The van der Waals surface area contributed by atoms with Crippen molar-refractivity contribution in [2.24, 2.45) is 5.73 Å². The summed E-state index contributed by atoms with van der Waals surface area (Å²) in [7, 11) is 0. The van der Waals surface area contributed by atoms with Gasteiger partial charge in [0.05, 0.1) is 5.92 Å². The number of amides is 1. The molecule has 3 nitrogen and oxygen atoms in total. The van der Waals surface area contributed by atoms with Crippen LogP contribution in [0.1, 0.15) is 22.6 Å². The minimum absolute atomic E-state index is 0.0380. The number of benzene rings is 3. The van der Waals surface area contributed by atoms with E-state index in [1.165, 1.54) is 5.56 Å². The van der Waals surface area contributed by atoms with Crippen LogP contribution in [0.5, 0.6) is 0 Å². The van der Waals surface area contributed by atoms with Gasteiger partial charge in [0.25, 0.3) is 0 Å². The number of carbonyl (C=O) groups excluding carboxylic acids is 1. The lowest BCUT2D eigenvalue weighted by Crippen LogP contribution is -2.22. The summed E-state index contributed by atoms with van der Waals surface area (Å²) < 4.78 is 0. The molecule has 3 N–H and O–H groups in total. The molecule has 1 amide bonds. The van der Waals surface area contributed by atoms with Crippen LogP contribution in [0.15, 0.2) is 84.9 Å². The zero-order valence-electron chi connectivity index (χ0n) is 14.1. The molecule has 0 fully saturated rings. The van der Waals surface area contributed by atoms with Crippen LogP contribution in [0.4, 0.5) is 5.69 Å². The van der Waals surface area contributed by atoms with Gasteiger partial charge in [-0.3, -0.25) is 4.79 Å². The highest BCUT2D eigenvalue weighted by Crippen LogP contribution is 2.26. The minimum atomic E-state index is -0.342. The highest BCUT2D eigenvalue weighted by atomic mass is 16.1. The van der Waals surface area contributed by atoms with Gasteiger partial charge in [-0.05, 0) is 41.8 Å². The molecule has 0 aliphatic heterocycles. The molecule has 0 aliphatic carbocycles. The normalized spacial score (nSPS) is 10.6. The van der Waals surface area contributed by atoms with Crippen molar-refractivity contribution in [2.45, 2.75) is 12.3 Å². The Kier molecular flexibility index (Phi) is 5.60. The lowest BCUT2D eigenvalue weighted by molar-refractivity contribution is -0.116. The summed E-state index contributed by atoms with van der Waals surface area (Å²) in [6.45, 7) is 0.621. The minimum Gasteiger partial charge on any atom is -0.330 e. The quantitative estimate of drug-likeness (QED) is 0.719. The maximum Gasteiger partial charge on any atom is 0.236 e. The molecule has 126 valence electrons. The summed E-state index contributed by atoms with van der Waals surface area (Å²) in [5.41, 5.74) is 9.50. The van der Waals surface area contributed by atoms with E-state index in [1.807, 2.05) is 84.9 Å². The van der Waals surface area contributed by atoms with E-state index in [0.717, 1.165) is 23.2 Å². The summed E-state index contributed by atoms with van der Waals surface area (Å²) in [5.74, 6) is -0.380. The first-order valence-corrected chi connectivity index (χ1v) is 8.47. The van der Waals surface area contributed by atoms with Crippen molar-refractivity contribution in [2.75, 3.05) is 11.9 Å². The monoisotopic (exact) mass is 330 g/mol. The van der Waals surface area contributed by atoms with Crippen LogP contribution in [-0.2, 0) is 11.2 Å². The van der Waals surface area contributed by atoms with Crippen molar-refractivity contribution in [3.05, 3.63) is 102 Å². The molecule has 3 aromatic carbocycles. The maximum absolute atomic E-state index is 13.0. The van der Waals surface area contributed by atoms with Crippen LogP contribution in [0, 0.1) is 0 Å². The fourth-order valence-electron chi connectivity index (χ4n) is 2.92. The molecule has 3 heteroatoms. The fraction of sp³-hybridized carbons (Fsp3) is 0.136. The first kappa shape index (κ1) is 16.9. The number of nitrogens with two attached hydrogens (primary N) is 1. The Bertz CT molecular complexity index is 759. The van der Waals surface area contributed by atoms with Gasteiger partial charge in [0.1, 0.15) is 0 Å². The average molecular weight is 330 g/mol. The number of hydrogen-bond donors (Lipinski definition) is 2. The molecule has 0 spiro atoms. The van der Waals surface area contributed by atoms with E-state index < -0.39 is 0 Å². The molecular formula is C22H22N2O. The van der Waals surface area contributed by atoms with Crippen molar-refractivity contribution in [1.82, 2.24) is 0 Å². The van der Waals surface area contributed by atoms with Crippen LogP contribution in [0.3, 0.4) is 0 Å². The van der Waals surface area contributed by atoms with Gasteiger partial charge in [-0.1, -0.05) is 72.8 Å². The number of rotatable bonds is 6. The topological polar surface area (TPSA) is 55.1 Å². The molecule has 25 heavy (non-hydrogen) atoms. The van der Waals surface area contributed by atoms with Crippen LogP contribution in [-0.4, -0.2) is 12.5 Å². The number of carbonyl (C=O) groups is 1. The van der Waals surface area contributed by atoms with Gasteiger partial charge in [-0.2, -0.15) is 0 Å². The third-order valence-electron chi connectivity index (χ3n) is 4.18. The summed E-state index contributed by atoms with van der Waals surface area (Å²) in [6.07, 6.45) is 0.838. The van der Waals surface area contributed by atoms with Gasteiger partial charge in [0.15, 0.2) is 0 Å². The number of nitrogens with one attached hydrogen (secondary N) is 1. The fourth-order valence-corrected chi connectivity index (χ4v) is 2.92. The lowest BCUT2D eigenvalue weighted by atomic mass is 9.90. The molecule has 0 atom stereocenters. The predicted octanol–water partition coefficient (Wildman–Crippen LogP) is 3.96. The maximum atomic E-state index is 13.0. The van der Waals surface area contributed by atoms with Crippen molar-refractivity contribution in [1.29, 1.82) is 0 Å². The lowest BCUT2D eigenvalue weighted by Gasteiger charge is -2.18. The molecule has 0 radical (unpaired) electrons. The van der Waals surface area contributed by atoms with Crippen LogP contribution in [0.2, 0.25) is 0 Å². The van der Waals surface area contributed by atoms with E-state index in [1.54, 1.807) is 0 Å². The predicted molar refractivity (Wildman–Crippen MR) is 103 cm³/mol. The van der Waals surface area contributed by atoms with Gasteiger partial charge in [0, 0.05) is 5.69 Å². The SMILES string of the molecule is NCCc1ccc(NC(=O)C(c2ccccc2)c2ccccc2)cc1. The van der Waals surface area contributed by atoms with Gasteiger partial charge >= 0.3 is 0 Å². The van der Waals surface area contributed by atoms with Crippen LogP contribution in [0.25, 0.3) is 0 Å².